The molecule has 4 aromatic carbocycles. The van der Waals surface area contributed by atoms with E-state index in [1.54, 1.807) is 13.3 Å². The van der Waals surface area contributed by atoms with Gasteiger partial charge < -0.3 is 19.3 Å². The lowest BCUT2D eigenvalue weighted by Gasteiger charge is -2.39. The molecule has 7 nitrogen and oxygen atoms in total. The number of carbonyl (C=O) groups excluding carboxylic acids is 1. The first-order valence-corrected chi connectivity index (χ1v) is 15.7. The number of aliphatic hydroxyl groups is 1. The van der Waals surface area contributed by atoms with Gasteiger partial charge in [0.05, 0.1) is 29.8 Å². The number of carbonyl (C=O) groups is 1. The second-order valence-corrected chi connectivity index (χ2v) is 13.1. The van der Waals surface area contributed by atoms with E-state index in [0.717, 1.165) is 37.7 Å². The Morgan fingerprint density at radius 3 is 2.16 bits per heavy atom. The third-order valence-electron chi connectivity index (χ3n) is 8.16. The molecule has 0 saturated carbocycles. The second kappa shape index (κ2) is 12.5. The fourth-order valence-corrected chi connectivity index (χ4v) is 6.98. The largest absolute Gasteiger partial charge is 0.443 e. The van der Waals surface area contributed by atoms with E-state index in [1.165, 1.54) is 4.57 Å². The lowest BCUT2D eigenvalue weighted by Crippen LogP contribution is -2.52. The van der Waals surface area contributed by atoms with Gasteiger partial charge in [-0.1, -0.05) is 101 Å². The van der Waals surface area contributed by atoms with Gasteiger partial charge in [0.15, 0.2) is 0 Å². The minimum atomic E-state index is -1.10. The maximum absolute atomic E-state index is 13.4. The molecule has 0 spiro atoms. The molecule has 45 heavy (non-hydrogen) atoms. The maximum atomic E-state index is 13.4. The van der Waals surface area contributed by atoms with Gasteiger partial charge in [0.1, 0.15) is 12.4 Å². The number of hydrogen-bond donors (Lipinski definition) is 2. The van der Waals surface area contributed by atoms with Crippen LogP contribution in [0, 0.1) is 0 Å². The Labute approximate surface area is 271 Å². The highest BCUT2D eigenvalue weighted by molar-refractivity contribution is 9.10. The zero-order chi connectivity index (χ0) is 31.8. The standard InChI is InChI=1S/C37H37BrN2O5/c1-36(2,3)45-35(42)40-21-27(33-30(38)19-12-20-32(33)40)34(41)31(22-44-23-43-4)39-37(24-13-6-5-7-14-24)28-17-10-8-15-25(28)26-16-9-11-18-29(26)37/h5-21,31,34,39,41H,22-23H2,1-4H3/t31-,34-/m0/s1. The van der Waals surface area contributed by atoms with Crippen LogP contribution in [0.4, 0.5) is 4.79 Å². The number of nitrogens with one attached hydrogen (secondary N) is 1. The van der Waals surface area contributed by atoms with Gasteiger partial charge in [-0.25, -0.2) is 4.79 Å². The van der Waals surface area contributed by atoms with Crippen LogP contribution in [-0.2, 0) is 19.7 Å². The van der Waals surface area contributed by atoms with Crippen molar-refractivity contribution in [3.05, 3.63) is 130 Å². The van der Waals surface area contributed by atoms with E-state index in [9.17, 15) is 9.90 Å². The summed E-state index contributed by atoms with van der Waals surface area (Å²) in [4.78, 5) is 13.4. The summed E-state index contributed by atoms with van der Waals surface area (Å²) >= 11 is 3.68. The predicted molar refractivity (Wildman–Crippen MR) is 179 cm³/mol. The normalized spacial score (nSPS) is 15.0. The summed E-state index contributed by atoms with van der Waals surface area (Å²) < 4.78 is 19.1. The second-order valence-electron chi connectivity index (χ2n) is 12.2. The molecule has 0 amide bonds. The zero-order valence-corrected chi connectivity index (χ0v) is 27.4. The fraction of sp³-hybridized carbons (Fsp3) is 0.270. The van der Waals surface area contributed by atoms with E-state index in [0.29, 0.717) is 11.1 Å². The van der Waals surface area contributed by atoms with Gasteiger partial charge in [-0.2, -0.15) is 0 Å². The summed E-state index contributed by atoms with van der Waals surface area (Å²) in [5.41, 5.74) is 5.13. The molecular formula is C37H37BrN2O5. The summed E-state index contributed by atoms with van der Waals surface area (Å²) in [5, 5.41) is 17.0. The summed E-state index contributed by atoms with van der Waals surface area (Å²) in [7, 11) is 1.57. The van der Waals surface area contributed by atoms with Gasteiger partial charge in [-0.15, -0.1) is 0 Å². The number of nitrogens with zero attached hydrogens (tertiary/aromatic N) is 1. The third kappa shape index (κ3) is 5.73. The highest BCUT2D eigenvalue weighted by atomic mass is 79.9. The van der Waals surface area contributed by atoms with Crippen LogP contribution >= 0.6 is 15.9 Å². The first-order chi connectivity index (χ1) is 21.7. The van der Waals surface area contributed by atoms with Crippen LogP contribution in [0.25, 0.3) is 22.0 Å². The van der Waals surface area contributed by atoms with Crippen LogP contribution in [-0.4, -0.2) is 47.9 Å². The monoisotopic (exact) mass is 668 g/mol. The zero-order valence-electron chi connectivity index (χ0n) is 25.8. The summed E-state index contributed by atoms with van der Waals surface area (Å²) in [6.07, 6.45) is 0.0427. The predicted octanol–water partition coefficient (Wildman–Crippen LogP) is 7.77. The van der Waals surface area contributed by atoms with Crippen LogP contribution in [0.3, 0.4) is 0 Å². The molecule has 0 aliphatic heterocycles. The van der Waals surface area contributed by atoms with Crippen molar-refractivity contribution in [2.45, 2.75) is 44.1 Å². The number of benzene rings is 4. The first kappa shape index (κ1) is 31.2. The topological polar surface area (TPSA) is 82.0 Å². The minimum Gasteiger partial charge on any atom is -0.443 e. The number of hydrogen-bond acceptors (Lipinski definition) is 6. The summed E-state index contributed by atoms with van der Waals surface area (Å²) in [5.74, 6) is 0. The highest BCUT2D eigenvalue weighted by Gasteiger charge is 2.47. The van der Waals surface area contributed by atoms with Crippen molar-refractivity contribution in [3.8, 4) is 11.1 Å². The van der Waals surface area contributed by atoms with E-state index in [1.807, 2.05) is 81.4 Å². The van der Waals surface area contributed by atoms with Gasteiger partial charge in [0, 0.05) is 28.7 Å². The van der Waals surface area contributed by atoms with Crippen LogP contribution in [0.15, 0.2) is 108 Å². The number of aromatic nitrogens is 1. The summed E-state index contributed by atoms with van der Waals surface area (Å²) in [6.45, 7) is 5.66. The molecule has 1 aromatic heterocycles. The van der Waals surface area contributed by atoms with Crippen LogP contribution < -0.4 is 5.32 Å². The SMILES string of the molecule is COCOC[C@H](NC1(c2ccccc2)c2ccccc2-c2ccccc21)[C@@H](O)c1cn(C(=O)OC(C)(C)C)c2cccc(Br)c12. The number of rotatable bonds is 9. The molecule has 0 radical (unpaired) electrons. The molecule has 1 aliphatic rings. The molecule has 5 aromatic rings. The van der Waals surface area contributed by atoms with Crippen molar-refractivity contribution < 1.29 is 24.1 Å². The molecule has 2 atom stereocenters. The molecule has 0 unspecified atom stereocenters. The molecule has 0 bridgehead atoms. The lowest BCUT2D eigenvalue weighted by atomic mass is 9.79. The van der Waals surface area contributed by atoms with Crippen molar-refractivity contribution in [3.63, 3.8) is 0 Å². The molecule has 2 N–H and O–H groups in total. The van der Waals surface area contributed by atoms with E-state index in [-0.39, 0.29) is 13.4 Å². The number of methoxy groups -OCH3 is 1. The number of aliphatic hydroxyl groups excluding tert-OH is 1. The van der Waals surface area contributed by atoms with E-state index in [2.05, 4.69) is 57.6 Å². The molecule has 232 valence electrons. The number of fused-ring (bicyclic) bond motifs is 4. The fourth-order valence-electron chi connectivity index (χ4n) is 6.40. The van der Waals surface area contributed by atoms with Crippen molar-refractivity contribution >= 4 is 32.9 Å². The lowest BCUT2D eigenvalue weighted by molar-refractivity contribution is -0.0537. The quantitative estimate of drug-likeness (QED) is 0.123. The van der Waals surface area contributed by atoms with Gasteiger partial charge in [-0.3, -0.25) is 9.88 Å². The van der Waals surface area contributed by atoms with Crippen LogP contribution in [0.2, 0.25) is 0 Å². The summed E-state index contributed by atoms with van der Waals surface area (Å²) in [6, 6.07) is 32.0. The molecule has 6 rings (SSSR count). The maximum Gasteiger partial charge on any atom is 0.419 e. The van der Waals surface area contributed by atoms with E-state index in [4.69, 9.17) is 14.2 Å². The Morgan fingerprint density at radius 1 is 0.911 bits per heavy atom. The Kier molecular flexibility index (Phi) is 8.70. The van der Waals surface area contributed by atoms with Crippen molar-refractivity contribution in [2.24, 2.45) is 0 Å². The average Bonchev–Trinajstić information content (AvgIpc) is 3.56. The van der Waals surface area contributed by atoms with Gasteiger partial charge in [0.2, 0.25) is 0 Å². The molecule has 0 saturated heterocycles. The smallest absolute Gasteiger partial charge is 0.419 e. The van der Waals surface area contributed by atoms with Crippen LogP contribution in [0.5, 0.6) is 0 Å². The van der Waals surface area contributed by atoms with E-state index < -0.39 is 29.4 Å². The first-order valence-electron chi connectivity index (χ1n) is 15.0. The van der Waals surface area contributed by atoms with Crippen molar-refractivity contribution in [1.29, 1.82) is 0 Å². The van der Waals surface area contributed by atoms with Gasteiger partial charge in [0.25, 0.3) is 0 Å². The van der Waals surface area contributed by atoms with Gasteiger partial charge in [-0.05, 0) is 60.7 Å². The molecule has 0 fully saturated rings. The molecule has 8 heteroatoms. The van der Waals surface area contributed by atoms with Gasteiger partial charge >= 0.3 is 6.09 Å². The Morgan fingerprint density at radius 2 is 1.53 bits per heavy atom. The average molecular weight is 670 g/mol. The Balaban J connectivity index is 1.52. The minimum absolute atomic E-state index is 0.0553. The third-order valence-corrected chi connectivity index (χ3v) is 8.82. The Hall–Kier alpha value is -3.79. The molecule has 1 aliphatic carbocycles. The molecule has 1 heterocycles. The highest BCUT2D eigenvalue weighted by Crippen LogP contribution is 2.51. The van der Waals surface area contributed by atoms with E-state index >= 15 is 0 Å². The number of ether oxygens (including phenoxy) is 3. The Bertz CT molecular complexity index is 1780. The molecular weight excluding hydrogens is 632 g/mol. The van der Waals surface area contributed by atoms with Crippen molar-refractivity contribution in [1.82, 2.24) is 9.88 Å². The van der Waals surface area contributed by atoms with Crippen LogP contribution in [0.1, 0.15) is 49.1 Å². The number of halogens is 1. The van der Waals surface area contributed by atoms with Crippen molar-refractivity contribution in [2.75, 3.05) is 20.5 Å².